The average molecular weight is 450 g/mol. The van der Waals surface area contributed by atoms with Gasteiger partial charge in [-0.3, -0.25) is 14.5 Å². The first-order valence-corrected chi connectivity index (χ1v) is 11.4. The number of aromatic nitrogens is 1. The van der Waals surface area contributed by atoms with E-state index in [2.05, 4.69) is 22.9 Å². The highest BCUT2D eigenvalue weighted by Crippen LogP contribution is 2.34. The highest BCUT2D eigenvalue weighted by molar-refractivity contribution is 6.36. The monoisotopic (exact) mass is 449 g/mol. The zero-order valence-electron chi connectivity index (χ0n) is 19.7. The molecule has 3 aromatic carbocycles. The molecule has 0 unspecified atom stereocenters. The summed E-state index contributed by atoms with van der Waals surface area (Å²) in [6.45, 7) is 2.33. The zero-order chi connectivity index (χ0) is 23.8. The van der Waals surface area contributed by atoms with Gasteiger partial charge in [0.05, 0.1) is 5.57 Å². The van der Waals surface area contributed by atoms with Gasteiger partial charge in [-0.25, -0.2) is 0 Å². The van der Waals surface area contributed by atoms with Crippen molar-refractivity contribution in [2.24, 2.45) is 7.05 Å². The number of nitrogens with zero attached hydrogens (tertiary/aromatic N) is 3. The molecule has 0 N–H and O–H groups in total. The van der Waals surface area contributed by atoms with E-state index in [1.54, 1.807) is 0 Å². The van der Waals surface area contributed by atoms with Crippen LogP contribution < -0.4 is 4.90 Å². The number of anilines is 1. The number of fused-ring (bicyclic) bond motifs is 1. The minimum Gasteiger partial charge on any atom is -0.350 e. The minimum atomic E-state index is -0.257. The number of carbonyl (C=O) groups excluding carboxylic acids is 2. The Balaban J connectivity index is 1.50. The van der Waals surface area contributed by atoms with E-state index < -0.39 is 0 Å². The fraction of sp³-hybridized carbons (Fsp3) is 0.172. The topological polar surface area (TPSA) is 45.6 Å². The van der Waals surface area contributed by atoms with Crippen molar-refractivity contribution in [3.05, 3.63) is 107 Å². The molecule has 1 aliphatic heterocycles. The van der Waals surface area contributed by atoms with Crippen molar-refractivity contribution in [3.8, 4) is 0 Å². The molecule has 0 aliphatic carbocycles. The number of para-hydroxylation sites is 2. The molecule has 0 radical (unpaired) electrons. The molecule has 0 saturated heterocycles. The molecule has 5 rings (SSSR count). The maximum absolute atomic E-state index is 13.7. The van der Waals surface area contributed by atoms with Crippen LogP contribution in [0.15, 0.2) is 90.8 Å². The highest BCUT2D eigenvalue weighted by Gasteiger charge is 2.40. The number of rotatable bonds is 6. The lowest BCUT2D eigenvalue weighted by Gasteiger charge is -2.21. The van der Waals surface area contributed by atoms with E-state index in [4.69, 9.17) is 0 Å². The van der Waals surface area contributed by atoms with Crippen LogP contribution in [0.25, 0.3) is 16.5 Å². The van der Waals surface area contributed by atoms with Crippen LogP contribution in [0.2, 0.25) is 0 Å². The van der Waals surface area contributed by atoms with Crippen LogP contribution in [0, 0.1) is 6.92 Å². The Morgan fingerprint density at radius 3 is 2.24 bits per heavy atom. The van der Waals surface area contributed by atoms with Crippen molar-refractivity contribution >= 4 is 34.0 Å². The number of imide groups is 1. The molecule has 5 nitrogen and oxygen atoms in total. The standard InChI is InChI=1S/C29H27N3O2/c1-20-13-15-21(16-14-20)26-27(31(3)23-9-5-4-6-10-23)29(34)32(28(26)33)18-17-22-19-30(2)25-12-8-7-11-24(22)25/h4-16,19H,17-18H2,1-3H3. The van der Waals surface area contributed by atoms with Gasteiger partial charge in [0.25, 0.3) is 11.8 Å². The SMILES string of the molecule is Cc1ccc(C2=C(N(C)c3ccccc3)C(=O)N(CCc3cn(C)c4ccccc34)C2=O)cc1. The van der Waals surface area contributed by atoms with Gasteiger partial charge in [0.2, 0.25) is 0 Å². The quantitative estimate of drug-likeness (QED) is 0.392. The van der Waals surface area contributed by atoms with Crippen molar-refractivity contribution in [1.82, 2.24) is 9.47 Å². The van der Waals surface area contributed by atoms with E-state index in [0.717, 1.165) is 33.3 Å². The second-order valence-electron chi connectivity index (χ2n) is 8.78. The van der Waals surface area contributed by atoms with Crippen LogP contribution in [-0.2, 0) is 23.1 Å². The van der Waals surface area contributed by atoms with Crippen molar-refractivity contribution in [2.75, 3.05) is 18.5 Å². The maximum Gasteiger partial charge on any atom is 0.278 e. The molecule has 5 heteroatoms. The van der Waals surface area contributed by atoms with E-state index in [1.807, 2.05) is 92.6 Å². The third-order valence-electron chi connectivity index (χ3n) is 6.55. The number of hydrogen-bond donors (Lipinski definition) is 0. The summed E-state index contributed by atoms with van der Waals surface area (Å²) in [5, 5.41) is 1.15. The van der Waals surface area contributed by atoms with Crippen molar-refractivity contribution < 1.29 is 9.59 Å². The van der Waals surface area contributed by atoms with E-state index in [-0.39, 0.29) is 11.8 Å². The van der Waals surface area contributed by atoms with Gasteiger partial charge in [0.1, 0.15) is 5.70 Å². The fourth-order valence-electron chi connectivity index (χ4n) is 4.70. The molecule has 170 valence electrons. The third kappa shape index (κ3) is 3.69. The maximum atomic E-state index is 13.7. The van der Waals surface area contributed by atoms with Crippen molar-refractivity contribution in [2.45, 2.75) is 13.3 Å². The summed E-state index contributed by atoms with van der Waals surface area (Å²) >= 11 is 0. The van der Waals surface area contributed by atoms with Crippen LogP contribution in [0.4, 0.5) is 5.69 Å². The Morgan fingerprint density at radius 2 is 1.50 bits per heavy atom. The summed E-state index contributed by atoms with van der Waals surface area (Å²) in [6.07, 6.45) is 2.68. The second-order valence-corrected chi connectivity index (χ2v) is 8.78. The lowest BCUT2D eigenvalue weighted by atomic mass is 10.0. The molecule has 1 aliphatic rings. The molecule has 1 aromatic heterocycles. The first-order chi connectivity index (χ1) is 16.5. The van der Waals surface area contributed by atoms with Crippen LogP contribution in [0.3, 0.4) is 0 Å². The Labute approximate surface area is 199 Å². The lowest BCUT2D eigenvalue weighted by molar-refractivity contribution is -0.136. The largest absolute Gasteiger partial charge is 0.350 e. The number of aryl methyl sites for hydroxylation is 2. The molecule has 2 amide bonds. The Hall–Kier alpha value is -4.12. The Kier molecular flexibility index (Phi) is 5.54. The zero-order valence-corrected chi connectivity index (χ0v) is 19.7. The van der Waals surface area contributed by atoms with Gasteiger partial charge in [-0.05, 0) is 42.7 Å². The first kappa shape index (κ1) is 21.7. The molecule has 0 saturated carbocycles. The molecule has 4 aromatic rings. The molecule has 0 bridgehead atoms. The summed E-state index contributed by atoms with van der Waals surface area (Å²) in [5.41, 5.74) is 5.85. The van der Waals surface area contributed by atoms with Gasteiger partial charge in [-0.1, -0.05) is 66.2 Å². The van der Waals surface area contributed by atoms with Crippen LogP contribution in [0.5, 0.6) is 0 Å². The number of amides is 2. The number of carbonyl (C=O) groups is 2. The predicted octanol–water partition coefficient (Wildman–Crippen LogP) is 4.95. The van der Waals surface area contributed by atoms with E-state index in [9.17, 15) is 9.59 Å². The van der Waals surface area contributed by atoms with Gasteiger partial charge in [0.15, 0.2) is 0 Å². The van der Waals surface area contributed by atoms with E-state index in [1.165, 1.54) is 4.90 Å². The summed E-state index contributed by atoms with van der Waals surface area (Å²) < 4.78 is 2.09. The Bertz CT molecular complexity index is 1420. The number of benzene rings is 3. The number of likely N-dealkylation sites (N-methyl/N-ethyl adjacent to an activating group) is 1. The van der Waals surface area contributed by atoms with Crippen molar-refractivity contribution in [3.63, 3.8) is 0 Å². The second kappa shape index (κ2) is 8.67. The summed E-state index contributed by atoms with van der Waals surface area (Å²) in [5.74, 6) is -0.501. The highest BCUT2D eigenvalue weighted by atomic mass is 16.2. The van der Waals surface area contributed by atoms with E-state index in [0.29, 0.717) is 24.2 Å². The van der Waals surface area contributed by atoms with Crippen LogP contribution in [0.1, 0.15) is 16.7 Å². The van der Waals surface area contributed by atoms with Crippen LogP contribution in [-0.4, -0.2) is 34.9 Å². The molecule has 34 heavy (non-hydrogen) atoms. The van der Waals surface area contributed by atoms with Gasteiger partial charge in [-0.15, -0.1) is 0 Å². The van der Waals surface area contributed by atoms with Gasteiger partial charge >= 0.3 is 0 Å². The van der Waals surface area contributed by atoms with Gasteiger partial charge in [0, 0.05) is 43.4 Å². The fourth-order valence-corrected chi connectivity index (χ4v) is 4.70. The van der Waals surface area contributed by atoms with Crippen LogP contribution >= 0.6 is 0 Å². The smallest absolute Gasteiger partial charge is 0.278 e. The van der Waals surface area contributed by atoms with Gasteiger partial charge in [-0.2, -0.15) is 0 Å². The normalized spacial score (nSPS) is 13.9. The average Bonchev–Trinajstić information content (AvgIpc) is 3.31. The predicted molar refractivity (Wildman–Crippen MR) is 136 cm³/mol. The lowest BCUT2D eigenvalue weighted by Crippen LogP contribution is -2.35. The first-order valence-electron chi connectivity index (χ1n) is 11.4. The molecule has 0 atom stereocenters. The molecule has 0 spiro atoms. The third-order valence-corrected chi connectivity index (χ3v) is 6.55. The van der Waals surface area contributed by atoms with Gasteiger partial charge < -0.3 is 9.47 Å². The molecular formula is C29H27N3O2. The molecular weight excluding hydrogens is 422 g/mol. The Morgan fingerprint density at radius 1 is 0.824 bits per heavy atom. The molecule has 2 heterocycles. The van der Waals surface area contributed by atoms with E-state index >= 15 is 0 Å². The summed E-state index contributed by atoms with van der Waals surface area (Å²) in [4.78, 5) is 30.5. The molecule has 0 fully saturated rings. The summed E-state index contributed by atoms with van der Waals surface area (Å²) in [7, 11) is 3.86. The summed E-state index contributed by atoms with van der Waals surface area (Å²) in [6, 6.07) is 25.7. The number of hydrogen-bond acceptors (Lipinski definition) is 3. The van der Waals surface area contributed by atoms with Crippen molar-refractivity contribution in [1.29, 1.82) is 0 Å². The minimum absolute atomic E-state index is 0.244.